The molecule has 0 spiro atoms. The van der Waals surface area contributed by atoms with Gasteiger partial charge in [0.1, 0.15) is 5.69 Å². The van der Waals surface area contributed by atoms with Crippen LogP contribution in [0.3, 0.4) is 0 Å². The molecule has 0 fully saturated rings. The molecule has 0 aliphatic heterocycles. The second kappa shape index (κ2) is 9.56. The van der Waals surface area contributed by atoms with Gasteiger partial charge in [0.15, 0.2) is 0 Å². The average molecular weight is 354 g/mol. The maximum Gasteiger partial charge on any atom is 0.274 e. The fraction of sp³-hybridized carbons (Fsp3) is 0.350. The lowest BCUT2D eigenvalue weighted by atomic mass is 10.2. The van der Waals surface area contributed by atoms with E-state index >= 15 is 0 Å². The predicted molar refractivity (Wildman–Crippen MR) is 106 cm³/mol. The molecule has 0 aliphatic rings. The number of hydrogen-bond acceptors (Lipinski definition) is 4. The Hall–Kier alpha value is -2.89. The third-order valence-electron chi connectivity index (χ3n) is 3.77. The zero-order chi connectivity index (χ0) is 18.9. The standard InChI is InChI=1S/C20H26N4O2/c1-4-11-24(12-5-2)18-9-10-19(21-14-18)20(26)23-17-8-6-7-16(13-17)22-15(3)25/h6-10,13-14H,4-5,11-12H2,1-3H3,(H,22,25)(H,23,26). The monoisotopic (exact) mass is 354 g/mol. The van der Waals surface area contributed by atoms with Gasteiger partial charge >= 0.3 is 0 Å². The summed E-state index contributed by atoms with van der Waals surface area (Å²) in [6, 6.07) is 10.7. The van der Waals surface area contributed by atoms with Gasteiger partial charge in [-0.25, -0.2) is 4.98 Å². The van der Waals surface area contributed by atoms with Crippen LogP contribution in [0.2, 0.25) is 0 Å². The van der Waals surface area contributed by atoms with Crippen molar-refractivity contribution in [2.45, 2.75) is 33.6 Å². The maximum atomic E-state index is 12.4. The molecular formula is C20H26N4O2. The summed E-state index contributed by atoms with van der Waals surface area (Å²) in [6.45, 7) is 7.67. The number of anilines is 3. The molecular weight excluding hydrogens is 328 g/mol. The van der Waals surface area contributed by atoms with E-state index in [1.807, 2.05) is 6.07 Å². The molecule has 6 nitrogen and oxygen atoms in total. The number of aromatic nitrogens is 1. The van der Waals surface area contributed by atoms with Crippen LogP contribution in [0.1, 0.15) is 44.1 Å². The average Bonchev–Trinajstić information content (AvgIpc) is 2.61. The Morgan fingerprint density at radius 3 is 2.19 bits per heavy atom. The minimum atomic E-state index is -0.283. The Balaban J connectivity index is 2.07. The van der Waals surface area contributed by atoms with E-state index in [1.165, 1.54) is 6.92 Å². The molecule has 1 aromatic heterocycles. The first-order chi connectivity index (χ1) is 12.5. The van der Waals surface area contributed by atoms with E-state index in [4.69, 9.17) is 0 Å². The molecule has 2 N–H and O–H groups in total. The summed E-state index contributed by atoms with van der Waals surface area (Å²) in [4.78, 5) is 30.1. The Morgan fingerprint density at radius 2 is 1.65 bits per heavy atom. The van der Waals surface area contributed by atoms with Gasteiger partial charge in [-0.3, -0.25) is 9.59 Å². The summed E-state index contributed by atoms with van der Waals surface area (Å²) in [5, 5.41) is 5.50. The van der Waals surface area contributed by atoms with Crippen LogP contribution in [-0.4, -0.2) is 29.9 Å². The fourth-order valence-corrected chi connectivity index (χ4v) is 2.69. The molecule has 1 aromatic carbocycles. The molecule has 0 aliphatic carbocycles. The first kappa shape index (κ1) is 19.4. The second-order valence-electron chi connectivity index (χ2n) is 6.10. The zero-order valence-corrected chi connectivity index (χ0v) is 15.6. The normalized spacial score (nSPS) is 10.3. The molecule has 138 valence electrons. The van der Waals surface area contributed by atoms with Gasteiger partial charge in [-0.05, 0) is 43.2 Å². The highest BCUT2D eigenvalue weighted by atomic mass is 16.2. The van der Waals surface area contributed by atoms with Crippen molar-refractivity contribution in [1.82, 2.24) is 4.98 Å². The number of benzene rings is 1. The smallest absolute Gasteiger partial charge is 0.274 e. The lowest BCUT2D eigenvalue weighted by molar-refractivity contribution is -0.114. The number of nitrogens with one attached hydrogen (secondary N) is 2. The van der Waals surface area contributed by atoms with Crippen molar-refractivity contribution in [3.8, 4) is 0 Å². The molecule has 0 bridgehead atoms. The van der Waals surface area contributed by atoms with Gasteiger partial charge in [0.2, 0.25) is 5.91 Å². The third-order valence-corrected chi connectivity index (χ3v) is 3.77. The largest absolute Gasteiger partial charge is 0.370 e. The van der Waals surface area contributed by atoms with Crippen molar-refractivity contribution >= 4 is 28.9 Å². The first-order valence-corrected chi connectivity index (χ1v) is 8.93. The minimum absolute atomic E-state index is 0.158. The van der Waals surface area contributed by atoms with Crippen LogP contribution in [0.15, 0.2) is 42.6 Å². The summed E-state index contributed by atoms with van der Waals surface area (Å²) in [5.74, 6) is -0.441. The van der Waals surface area contributed by atoms with E-state index < -0.39 is 0 Å². The van der Waals surface area contributed by atoms with Crippen molar-refractivity contribution in [2.24, 2.45) is 0 Å². The van der Waals surface area contributed by atoms with Gasteiger partial charge in [0, 0.05) is 31.4 Å². The molecule has 2 amide bonds. The van der Waals surface area contributed by atoms with Crippen molar-refractivity contribution < 1.29 is 9.59 Å². The lowest BCUT2D eigenvalue weighted by Gasteiger charge is -2.23. The van der Waals surface area contributed by atoms with E-state index in [0.29, 0.717) is 17.1 Å². The highest BCUT2D eigenvalue weighted by Gasteiger charge is 2.10. The van der Waals surface area contributed by atoms with Crippen molar-refractivity contribution in [3.05, 3.63) is 48.3 Å². The van der Waals surface area contributed by atoms with Gasteiger partial charge in [0.25, 0.3) is 5.91 Å². The topological polar surface area (TPSA) is 74.3 Å². The van der Waals surface area contributed by atoms with Crippen LogP contribution in [0.4, 0.5) is 17.1 Å². The molecule has 0 saturated carbocycles. The van der Waals surface area contributed by atoms with E-state index in [2.05, 4.69) is 34.4 Å². The number of pyridine rings is 1. The van der Waals surface area contributed by atoms with Crippen LogP contribution < -0.4 is 15.5 Å². The van der Waals surface area contributed by atoms with E-state index in [9.17, 15) is 9.59 Å². The first-order valence-electron chi connectivity index (χ1n) is 8.93. The number of rotatable bonds is 8. The van der Waals surface area contributed by atoms with Gasteiger partial charge in [0.05, 0.1) is 11.9 Å². The van der Waals surface area contributed by atoms with Crippen LogP contribution in [0, 0.1) is 0 Å². The molecule has 1 heterocycles. The summed E-state index contributed by atoms with van der Waals surface area (Å²) >= 11 is 0. The Kier molecular flexibility index (Phi) is 7.14. The van der Waals surface area contributed by atoms with E-state index in [0.717, 1.165) is 31.6 Å². The molecule has 0 unspecified atom stereocenters. The summed E-state index contributed by atoms with van der Waals surface area (Å²) in [6.07, 6.45) is 3.87. The number of amides is 2. The fourth-order valence-electron chi connectivity index (χ4n) is 2.69. The Morgan fingerprint density at radius 1 is 1.00 bits per heavy atom. The predicted octanol–water partition coefficient (Wildman–Crippen LogP) is 3.92. The van der Waals surface area contributed by atoms with Crippen LogP contribution in [-0.2, 0) is 4.79 Å². The zero-order valence-electron chi connectivity index (χ0n) is 15.6. The van der Waals surface area contributed by atoms with Crippen LogP contribution in [0.25, 0.3) is 0 Å². The molecule has 2 rings (SSSR count). The number of nitrogens with zero attached hydrogens (tertiary/aromatic N) is 2. The molecule has 0 radical (unpaired) electrons. The summed E-state index contributed by atoms with van der Waals surface area (Å²) < 4.78 is 0. The summed E-state index contributed by atoms with van der Waals surface area (Å²) in [7, 11) is 0. The number of hydrogen-bond donors (Lipinski definition) is 2. The van der Waals surface area contributed by atoms with Crippen molar-refractivity contribution in [3.63, 3.8) is 0 Å². The van der Waals surface area contributed by atoms with Crippen molar-refractivity contribution in [1.29, 1.82) is 0 Å². The quantitative estimate of drug-likeness (QED) is 0.753. The van der Waals surface area contributed by atoms with Gasteiger partial charge < -0.3 is 15.5 Å². The van der Waals surface area contributed by atoms with Gasteiger partial charge in [-0.1, -0.05) is 19.9 Å². The summed E-state index contributed by atoms with van der Waals surface area (Å²) in [5.41, 5.74) is 2.61. The third kappa shape index (κ3) is 5.58. The number of carbonyl (C=O) groups excluding carboxylic acids is 2. The van der Waals surface area contributed by atoms with Crippen LogP contribution in [0.5, 0.6) is 0 Å². The molecule has 0 atom stereocenters. The molecule has 6 heteroatoms. The van der Waals surface area contributed by atoms with E-state index in [1.54, 1.807) is 36.5 Å². The lowest BCUT2D eigenvalue weighted by Crippen LogP contribution is -2.25. The second-order valence-corrected chi connectivity index (χ2v) is 6.10. The molecule has 0 saturated heterocycles. The minimum Gasteiger partial charge on any atom is -0.370 e. The SMILES string of the molecule is CCCN(CCC)c1ccc(C(=O)Nc2cccc(NC(C)=O)c2)nc1. The van der Waals surface area contributed by atoms with E-state index in [-0.39, 0.29) is 11.8 Å². The highest BCUT2D eigenvalue weighted by molar-refractivity contribution is 6.03. The Bertz CT molecular complexity index is 738. The molecule has 2 aromatic rings. The Labute approximate surface area is 154 Å². The highest BCUT2D eigenvalue weighted by Crippen LogP contribution is 2.17. The van der Waals surface area contributed by atoms with Gasteiger partial charge in [-0.2, -0.15) is 0 Å². The maximum absolute atomic E-state index is 12.4. The van der Waals surface area contributed by atoms with Crippen LogP contribution >= 0.6 is 0 Å². The van der Waals surface area contributed by atoms with Gasteiger partial charge in [-0.15, -0.1) is 0 Å². The van der Waals surface area contributed by atoms with Crippen molar-refractivity contribution in [2.75, 3.05) is 28.6 Å². The molecule has 26 heavy (non-hydrogen) atoms. The number of carbonyl (C=O) groups is 2.